The fraction of sp³-hybridized carbons (Fsp3) is 0.571. The molecule has 1 rings (SSSR count). The van der Waals surface area contributed by atoms with Gasteiger partial charge in [0.2, 0.25) is 5.91 Å². The zero-order valence-electron chi connectivity index (χ0n) is 12.3. The Morgan fingerprint density at radius 2 is 2.00 bits per heavy atom. The Kier molecular flexibility index (Phi) is 5.71. The minimum atomic E-state index is -0.181. The molecular weight excluding hydrogens is 276 g/mol. The van der Waals surface area contributed by atoms with Crippen LogP contribution in [0.25, 0.3) is 0 Å². The first-order valence-corrected chi connectivity index (χ1v) is 7.35. The van der Waals surface area contributed by atoms with E-state index in [1.54, 1.807) is 12.1 Å². The van der Waals surface area contributed by atoms with Crippen molar-refractivity contribution in [3.8, 4) is 0 Å². The van der Waals surface area contributed by atoms with Gasteiger partial charge in [-0.15, -0.1) is 11.3 Å². The van der Waals surface area contributed by atoms with Crippen molar-refractivity contribution in [1.82, 2.24) is 5.32 Å². The van der Waals surface area contributed by atoms with Crippen LogP contribution in [0.3, 0.4) is 0 Å². The summed E-state index contributed by atoms with van der Waals surface area (Å²) in [5, 5.41) is 15.3. The summed E-state index contributed by atoms with van der Waals surface area (Å²) in [7, 11) is 0. The number of carbonyl (C=O) groups excluding carboxylic acids is 2. The van der Waals surface area contributed by atoms with Crippen LogP contribution in [0.5, 0.6) is 0 Å². The Balaban J connectivity index is 2.74. The van der Waals surface area contributed by atoms with Crippen LogP contribution in [0.15, 0.2) is 12.1 Å². The molecule has 20 heavy (non-hydrogen) atoms. The van der Waals surface area contributed by atoms with E-state index in [0.29, 0.717) is 16.3 Å². The second kappa shape index (κ2) is 6.85. The molecule has 1 aromatic rings. The largest absolute Gasteiger partial charge is 0.396 e. The van der Waals surface area contributed by atoms with Gasteiger partial charge in [0.05, 0.1) is 9.88 Å². The lowest BCUT2D eigenvalue weighted by Gasteiger charge is -2.30. The van der Waals surface area contributed by atoms with Crippen LogP contribution in [0.2, 0.25) is 0 Å². The van der Waals surface area contributed by atoms with Crippen molar-refractivity contribution in [2.24, 2.45) is 5.41 Å². The lowest BCUT2D eigenvalue weighted by molar-refractivity contribution is -0.114. The predicted molar refractivity (Wildman–Crippen MR) is 81.0 cm³/mol. The molecule has 0 aliphatic rings. The zero-order valence-corrected chi connectivity index (χ0v) is 13.1. The number of aliphatic hydroxyl groups is 1. The summed E-state index contributed by atoms with van der Waals surface area (Å²) in [6.45, 7) is 7.51. The van der Waals surface area contributed by atoms with E-state index in [0.717, 1.165) is 0 Å². The van der Waals surface area contributed by atoms with Crippen LogP contribution in [-0.4, -0.2) is 29.6 Å². The number of aliphatic hydroxyl groups excluding tert-OH is 1. The number of nitrogens with one attached hydrogen (secondary N) is 2. The molecule has 0 saturated carbocycles. The zero-order chi connectivity index (χ0) is 15.3. The highest BCUT2D eigenvalue weighted by Gasteiger charge is 2.26. The first kappa shape index (κ1) is 16.7. The third-order valence-electron chi connectivity index (χ3n) is 2.90. The van der Waals surface area contributed by atoms with Crippen molar-refractivity contribution in [1.29, 1.82) is 0 Å². The Hall–Kier alpha value is -1.40. The monoisotopic (exact) mass is 298 g/mol. The van der Waals surface area contributed by atoms with Crippen molar-refractivity contribution in [3.05, 3.63) is 17.0 Å². The van der Waals surface area contributed by atoms with Crippen LogP contribution in [0.1, 0.15) is 43.8 Å². The van der Waals surface area contributed by atoms with E-state index < -0.39 is 0 Å². The molecule has 0 spiro atoms. The number of hydrogen-bond donors (Lipinski definition) is 3. The van der Waals surface area contributed by atoms with E-state index in [-0.39, 0.29) is 29.9 Å². The highest BCUT2D eigenvalue weighted by Crippen LogP contribution is 2.25. The molecule has 0 saturated heterocycles. The van der Waals surface area contributed by atoms with E-state index in [4.69, 9.17) is 5.11 Å². The number of amides is 2. The molecule has 0 bridgehead atoms. The Morgan fingerprint density at radius 1 is 1.35 bits per heavy atom. The topological polar surface area (TPSA) is 78.4 Å². The molecule has 1 unspecified atom stereocenters. The van der Waals surface area contributed by atoms with Gasteiger partial charge in [-0.1, -0.05) is 20.8 Å². The summed E-state index contributed by atoms with van der Waals surface area (Å²) >= 11 is 1.23. The van der Waals surface area contributed by atoms with E-state index in [1.165, 1.54) is 18.3 Å². The number of carbonyl (C=O) groups is 2. The van der Waals surface area contributed by atoms with Crippen molar-refractivity contribution in [2.75, 3.05) is 11.9 Å². The van der Waals surface area contributed by atoms with Crippen LogP contribution in [0, 0.1) is 5.41 Å². The minimum Gasteiger partial charge on any atom is -0.396 e. The average molecular weight is 298 g/mol. The Morgan fingerprint density at radius 3 is 2.50 bits per heavy atom. The summed E-state index contributed by atoms with van der Waals surface area (Å²) in [6.07, 6.45) is 0.513. The molecular formula is C14H22N2O3S. The molecule has 0 radical (unpaired) electrons. The van der Waals surface area contributed by atoms with Crippen molar-refractivity contribution in [3.63, 3.8) is 0 Å². The van der Waals surface area contributed by atoms with Gasteiger partial charge in [0.1, 0.15) is 0 Å². The SMILES string of the molecule is CC(=O)Nc1ccc(C(=O)NC(CCO)C(C)(C)C)s1. The molecule has 0 aromatic carbocycles. The lowest BCUT2D eigenvalue weighted by atomic mass is 9.85. The van der Waals surface area contributed by atoms with Gasteiger partial charge in [-0.3, -0.25) is 9.59 Å². The predicted octanol–water partition coefficient (Wildman–Crippen LogP) is 2.23. The molecule has 1 atom stereocenters. The second-order valence-corrected chi connectivity index (χ2v) is 6.83. The molecule has 0 aliphatic heterocycles. The van der Waals surface area contributed by atoms with Gasteiger partial charge in [-0.2, -0.15) is 0 Å². The quantitative estimate of drug-likeness (QED) is 0.780. The van der Waals surface area contributed by atoms with Crippen molar-refractivity contribution < 1.29 is 14.7 Å². The number of rotatable bonds is 5. The summed E-state index contributed by atoms with van der Waals surface area (Å²) in [5.74, 6) is -0.341. The van der Waals surface area contributed by atoms with E-state index in [9.17, 15) is 9.59 Å². The van der Waals surface area contributed by atoms with Gasteiger partial charge < -0.3 is 15.7 Å². The molecule has 0 aliphatic carbocycles. The summed E-state index contributed by atoms with van der Waals surface area (Å²) in [5.41, 5.74) is -0.129. The first-order valence-electron chi connectivity index (χ1n) is 6.53. The maximum atomic E-state index is 12.2. The van der Waals surface area contributed by atoms with Gasteiger partial charge in [0, 0.05) is 19.6 Å². The summed E-state index contributed by atoms with van der Waals surface area (Å²) < 4.78 is 0. The highest BCUT2D eigenvalue weighted by atomic mass is 32.1. The van der Waals surface area contributed by atoms with Gasteiger partial charge >= 0.3 is 0 Å². The lowest BCUT2D eigenvalue weighted by Crippen LogP contribution is -2.44. The number of anilines is 1. The molecule has 112 valence electrons. The third-order valence-corrected chi connectivity index (χ3v) is 3.90. The summed E-state index contributed by atoms with van der Waals surface area (Å²) in [4.78, 5) is 23.7. The molecule has 1 aromatic heterocycles. The second-order valence-electron chi connectivity index (χ2n) is 5.75. The van der Waals surface area contributed by atoms with Crippen LogP contribution in [-0.2, 0) is 4.79 Å². The number of hydrogen-bond acceptors (Lipinski definition) is 4. The van der Waals surface area contributed by atoms with Gasteiger partial charge in [0.15, 0.2) is 0 Å². The average Bonchev–Trinajstić information content (AvgIpc) is 2.74. The van der Waals surface area contributed by atoms with Crippen LogP contribution < -0.4 is 10.6 Å². The van der Waals surface area contributed by atoms with Gasteiger partial charge in [-0.25, -0.2) is 0 Å². The maximum Gasteiger partial charge on any atom is 0.261 e. The number of thiophene rings is 1. The van der Waals surface area contributed by atoms with Crippen LogP contribution >= 0.6 is 11.3 Å². The summed E-state index contributed by atoms with van der Waals surface area (Å²) in [6, 6.07) is 3.29. The fourth-order valence-corrected chi connectivity index (χ4v) is 2.64. The third kappa shape index (κ3) is 4.94. The molecule has 5 nitrogen and oxygen atoms in total. The fourth-order valence-electron chi connectivity index (χ4n) is 1.78. The maximum absolute atomic E-state index is 12.2. The molecule has 0 fully saturated rings. The molecule has 1 heterocycles. The minimum absolute atomic E-state index is 0.0315. The van der Waals surface area contributed by atoms with E-state index in [2.05, 4.69) is 10.6 Å². The van der Waals surface area contributed by atoms with E-state index >= 15 is 0 Å². The first-order chi connectivity index (χ1) is 9.24. The molecule has 2 amide bonds. The highest BCUT2D eigenvalue weighted by molar-refractivity contribution is 7.18. The smallest absolute Gasteiger partial charge is 0.261 e. The van der Waals surface area contributed by atoms with Gasteiger partial charge in [0.25, 0.3) is 5.91 Å². The molecule has 3 N–H and O–H groups in total. The molecule has 6 heteroatoms. The van der Waals surface area contributed by atoms with Crippen molar-refractivity contribution >= 4 is 28.2 Å². The standard InChI is InChI=1S/C14H22N2O3S/c1-9(18)15-12-6-5-10(20-12)13(19)16-11(7-8-17)14(2,3)4/h5-6,11,17H,7-8H2,1-4H3,(H,15,18)(H,16,19). The van der Waals surface area contributed by atoms with E-state index in [1.807, 2.05) is 20.8 Å². The van der Waals surface area contributed by atoms with Crippen molar-refractivity contribution in [2.45, 2.75) is 40.2 Å². The van der Waals surface area contributed by atoms with Crippen LogP contribution in [0.4, 0.5) is 5.00 Å². The Bertz CT molecular complexity index is 477. The Labute approximate surface area is 123 Å². The normalized spacial score (nSPS) is 12.8. The van der Waals surface area contributed by atoms with Gasteiger partial charge in [-0.05, 0) is 24.0 Å².